The van der Waals surface area contributed by atoms with Gasteiger partial charge in [0.1, 0.15) is 0 Å². The Kier molecular flexibility index (Phi) is 2.77. The first-order valence-corrected chi connectivity index (χ1v) is 7.67. The normalized spacial score (nSPS) is 39.3. The van der Waals surface area contributed by atoms with E-state index < -0.39 is 94.8 Å². The maximum Gasteiger partial charge on any atom is 0.344 e. The fourth-order valence-electron chi connectivity index (χ4n) is 2.05. The van der Waals surface area contributed by atoms with Gasteiger partial charge < -0.3 is 9.85 Å². The number of benzene rings is 1. The lowest BCUT2D eigenvalue weighted by Crippen LogP contribution is -2.45. The minimum Gasteiger partial charge on any atom is -0.450 e. The van der Waals surface area contributed by atoms with Crippen molar-refractivity contribution in [2.45, 2.75) is 51.2 Å². The van der Waals surface area contributed by atoms with Crippen LogP contribution in [0.4, 0.5) is 0 Å². The van der Waals surface area contributed by atoms with Crippen molar-refractivity contribution in [2.24, 2.45) is 5.89 Å². The second-order valence-electron chi connectivity index (χ2n) is 5.12. The molecular formula is C22H31NO3. The number of esters is 1. The first-order chi connectivity index (χ1) is 19.6. The zero-order valence-electron chi connectivity index (χ0n) is 31.9. The zero-order chi connectivity index (χ0) is 34.4. The highest BCUT2D eigenvalue weighted by atomic mass is 16.5. The molecule has 1 N–H and O–H groups in total. The Morgan fingerprint density at radius 2 is 2.08 bits per heavy atom. The monoisotopic (exact) mass is 375 g/mol. The van der Waals surface area contributed by atoms with Crippen molar-refractivity contribution in [1.29, 1.82) is 1.43 Å². The maximum absolute atomic E-state index is 13.7. The van der Waals surface area contributed by atoms with Crippen LogP contribution in [-0.4, -0.2) is 43.7 Å². The van der Waals surface area contributed by atoms with Crippen molar-refractivity contribution in [2.75, 3.05) is 26.2 Å². The van der Waals surface area contributed by atoms with Gasteiger partial charge in [-0.3, -0.25) is 4.90 Å². The van der Waals surface area contributed by atoms with E-state index in [1.807, 2.05) is 0 Å². The summed E-state index contributed by atoms with van der Waals surface area (Å²) in [6, 6.07) is 5.83. The Balaban J connectivity index is 2.65. The molecule has 1 aromatic rings. The van der Waals surface area contributed by atoms with E-state index in [0.717, 1.165) is 17.0 Å². The van der Waals surface area contributed by atoms with Crippen LogP contribution in [0, 0.1) is 17.7 Å². The van der Waals surface area contributed by atoms with Crippen LogP contribution in [0.15, 0.2) is 30.3 Å². The Bertz CT molecular complexity index is 1200. The van der Waals surface area contributed by atoms with Gasteiger partial charge in [0.2, 0.25) is 1.43 Å². The smallest absolute Gasteiger partial charge is 0.344 e. The van der Waals surface area contributed by atoms with E-state index in [2.05, 4.69) is 16.9 Å². The minimum atomic E-state index is -4.09. The predicted molar refractivity (Wildman–Crippen MR) is 103 cm³/mol. The highest BCUT2D eigenvalue weighted by Gasteiger charge is 2.46. The van der Waals surface area contributed by atoms with Gasteiger partial charge in [-0.15, -0.1) is 0 Å². The van der Waals surface area contributed by atoms with Crippen molar-refractivity contribution < 1.29 is 37.9 Å². The van der Waals surface area contributed by atoms with Gasteiger partial charge in [-0.25, -0.2) is 4.79 Å². The number of ether oxygens (including phenoxy) is 1. The van der Waals surface area contributed by atoms with Gasteiger partial charge in [0, 0.05) is 29.2 Å². The van der Waals surface area contributed by atoms with Gasteiger partial charge in [0.15, 0.2) is 12.2 Å². The summed E-state index contributed by atoms with van der Waals surface area (Å²) in [5.41, 5.74) is -4.21. The second kappa shape index (κ2) is 10.4. The molecule has 2 rings (SSSR count). The molecule has 1 unspecified atom stereocenters. The van der Waals surface area contributed by atoms with Gasteiger partial charge >= 0.3 is 5.97 Å². The molecule has 26 heavy (non-hydrogen) atoms. The molecule has 1 aliphatic carbocycles. The van der Waals surface area contributed by atoms with Crippen molar-refractivity contribution in [1.82, 2.24) is 4.90 Å². The summed E-state index contributed by atoms with van der Waals surface area (Å²) in [7, 11) is 0. The third-order valence-electron chi connectivity index (χ3n) is 3.47. The van der Waals surface area contributed by atoms with E-state index in [-0.39, 0.29) is 0 Å². The number of hydrogen-bond acceptors (Lipinski definition) is 4. The van der Waals surface area contributed by atoms with E-state index in [1.54, 1.807) is 0 Å². The topological polar surface area (TPSA) is 49.8 Å². The lowest BCUT2D eigenvalue weighted by atomic mass is 9.73. The highest BCUT2D eigenvalue weighted by molar-refractivity contribution is 5.81. The molecule has 1 atom stereocenters. The molecule has 0 amide bonds. The van der Waals surface area contributed by atoms with E-state index in [0.29, 0.717) is 0 Å². The number of carbonyl (C=O) groups is 1. The number of carbonyl (C=O) groups excluding carboxylic acids is 1. The molecule has 0 heterocycles. The Morgan fingerprint density at radius 1 is 1.35 bits per heavy atom. The molecule has 1 saturated carbocycles. The predicted octanol–water partition coefficient (Wildman–Crippen LogP) is 3.34. The molecule has 0 aromatic heterocycles. The molecular weight excluding hydrogens is 326 g/mol. The number of rotatable bonds is 8. The second-order valence-corrected chi connectivity index (χ2v) is 5.12. The third-order valence-corrected chi connectivity index (χ3v) is 3.47. The molecule has 1 aliphatic rings. The molecule has 1 aromatic carbocycles. The van der Waals surface area contributed by atoms with Crippen LogP contribution >= 0.6 is 0 Å². The first-order valence-electron chi connectivity index (χ1n) is 16.6. The van der Waals surface area contributed by atoms with Crippen LogP contribution in [0.1, 0.15) is 74.4 Å². The average Bonchev–Trinajstić information content (AvgIpc) is 2.86. The first kappa shape index (κ1) is 6.96. The van der Waals surface area contributed by atoms with Gasteiger partial charge in [-0.2, -0.15) is 0 Å². The average molecular weight is 376 g/mol. The standard InChI is InChI=1S/C22H31NO3/c1-3-23(4-2)17-11-12-18-26-21(24)22(25,19-13-7-5-8-14-19)20-15-9-6-10-16-20/h5,7-8,13-14,20,25H,3-4,6,9-10,15-18H2,1-2H3/i1D3,2D3,6D2,9D2,10D2,15D2,16D2,20D,25D. The summed E-state index contributed by atoms with van der Waals surface area (Å²) in [4.78, 5) is 14.7. The Labute approximate surface area is 182 Å². The van der Waals surface area contributed by atoms with Crippen LogP contribution in [0.2, 0.25) is 0 Å². The van der Waals surface area contributed by atoms with E-state index in [4.69, 9.17) is 29.5 Å². The van der Waals surface area contributed by atoms with E-state index in [1.165, 1.54) is 18.2 Å². The van der Waals surface area contributed by atoms with Gasteiger partial charge in [0.25, 0.3) is 0 Å². The quantitative estimate of drug-likeness (QED) is 0.559. The molecule has 0 bridgehead atoms. The van der Waals surface area contributed by atoms with Crippen LogP contribution in [-0.2, 0) is 15.1 Å². The number of aliphatic hydroxyl groups is 1. The maximum atomic E-state index is 13.7. The van der Waals surface area contributed by atoms with Crippen LogP contribution < -0.4 is 0 Å². The summed E-state index contributed by atoms with van der Waals surface area (Å²) < 4.78 is 150. The van der Waals surface area contributed by atoms with Crippen LogP contribution in [0.3, 0.4) is 0 Å². The lowest BCUT2D eigenvalue weighted by Gasteiger charge is -2.36. The van der Waals surface area contributed by atoms with Crippen LogP contribution in [0.25, 0.3) is 0 Å². The van der Waals surface area contributed by atoms with Crippen LogP contribution in [0.5, 0.6) is 0 Å². The Morgan fingerprint density at radius 3 is 2.73 bits per heavy atom. The molecule has 0 spiro atoms. The summed E-state index contributed by atoms with van der Waals surface area (Å²) in [5.74, 6) is -1.26. The van der Waals surface area contributed by atoms with Crippen molar-refractivity contribution in [3.05, 3.63) is 35.9 Å². The molecule has 142 valence electrons. The Hall–Kier alpha value is -1.83. The lowest BCUT2D eigenvalue weighted by molar-refractivity contribution is -0.174. The van der Waals surface area contributed by atoms with Gasteiger partial charge in [-0.05, 0) is 31.4 Å². The van der Waals surface area contributed by atoms with Crippen molar-refractivity contribution in [3.8, 4) is 11.8 Å². The number of nitrogens with zero attached hydrogens (tertiary/aromatic N) is 1. The molecule has 4 heteroatoms. The highest BCUT2D eigenvalue weighted by Crippen LogP contribution is 2.40. The third kappa shape index (κ3) is 5.09. The molecule has 0 aliphatic heterocycles. The fraction of sp³-hybridized carbons (Fsp3) is 0.591. The van der Waals surface area contributed by atoms with E-state index >= 15 is 0 Å². The molecule has 0 saturated heterocycles. The SMILES string of the molecule is [2H]OC(C(=O)OCC#CCN(CC([2H])([2H])[2H])CC([2H])([2H])[2H])(c1ccccc1)C1([2H])C([2H])([2H])C([2H])([2H])C([2H])([2H])C([2H])([2H])C1([2H])[2H]. The summed E-state index contributed by atoms with van der Waals surface area (Å²) in [6.45, 7) is -7.72. The largest absolute Gasteiger partial charge is 0.450 e. The van der Waals surface area contributed by atoms with Gasteiger partial charge in [0.05, 0.1) is 6.54 Å². The van der Waals surface area contributed by atoms with E-state index in [9.17, 15) is 4.79 Å². The summed E-state index contributed by atoms with van der Waals surface area (Å²) in [6.07, 6.45) is -20.1. The molecule has 1 fully saturated rings. The molecule has 4 nitrogen and oxygen atoms in total. The molecule has 0 radical (unpaired) electrons. The summed E-state index contributed by atoms with van der Waals surface area (Å²) >= 11 is 0. The zero-order valence-corrected chi connectivity index (χ0v) is 13.9. The summed E-state index contributed by atoms with van der Waals surface area (Å²) in [5, 5.41) is 4.63. The minimum absolute atomic E-state index is 0.421. The van der Waals surface area contributed by atoms with Crippen molar-refractivity contribution >= 4 is 5.97 Å². The van der Waals surface area contributed by atoms with Crippen molar-refractivity contribution in [3.63, 3.8) is 0 Å². The fourth-order valence-corrected chi connectivity index (χ4v) is 2.05. The van der Waals surface area contributed by atoms with Gasteiger partial charge in [-0.1, -0.05) is 75.0 Å². The number of hydrogen-bond donors (Lipinski definition) is 1.